The van der Waals surface area contributed by atoms with Crippen molar-refractivity contribution in [2.24, 2.45) is 10.9 Å². The number of rotatable bonds is 10. The highest BCUT2D eigenvalue weighted by Gasteiger charge is 2.29. The lowest BCUT2D eigenvalue weighted by Crippen LogP contribution is -2.40. The number of hydrogen-bond donors (Lipinski definition) is 2. The van der Waals surface area contributed by atoms with Crippen LogP contribution in [-0.2, 0) is 14.8 Å². The molecule has 0 radical (unpaired) electrons. The molecule has 0 amide bonds. The molecule has 7 nitrogen and oxygen atoms in total. The van der Waals surface area contributed by atoms with E-state index in [1.807, 2.05) is 19.9 Å². The Morgan fingerprint density at radius 3 is 2.48 bits per heavy atom. The first-order valence-electron chi connectivity index (χ1n) is 10.2. The lowest BCUT2D eigenvalue weighted by atomic mass is 9.98. The maximum atomic E-state index is 12.7. The van der Waals surface area contributed by atoms with Gasteiger partial charge in [-0.1, -0.05) is 18.2 Å². The van der Waals surface area contributed by atoms with Crippen molar-refractivity contribution in [3.63, 3.8) is 0 Å². The van der Waals surface area contributed by atoms with Gasteiger partial charge in [-0.2, -0.15) is 4.31 Å². The van der Waals surface area contributed by atoms with E-state index in [9.17, 15) is 8.42 Å². The number of nitrogens with one attached hydrogen (secondary N) is 2. The summed E-state index contributed by atoms with van der Waals surface area (Å²) in [6, 6.07) is 8.67. The van der Waals surface area contributed by atoms with Crippen LogP contribution in [-0.4, -0.2) is 64.6 Å². The summed E-state index contributed by atoms with van der Waals surface area (Å²) in [5.74, 6) is 1.22. The molecule has 0 bridgehead atoms. The Hall–Kier alpha value is -0.910. The molecule has 29 heavy (non-hydrogen) atoms. The number of halogens is 1. The molecule has 0 spiro atoms. The molecule has 2 N–H and O–H groups in total. The smallest absolute Gasteiger partial charge is 0.243 e. The van der Waals surface area contributed by atoms with Crippen LogP contribution in [0.2, 0.25) is 0 Å². The van der Waals surface area contributed by atoms with Gasteiger partial charge in [0.2, 0.25) is 10.0 Å². The summed E-state index contributed by atoms with van der Waals surface area (Å²) >= 11 is 0. The third-order valence-electron chi connectivity index (χ3n) is 4.77. The molecule has 0 saturated carbocycles. The Labute approximate surface area is 192 Å². The van der Waals surface area contributed by atoms with Crippen LogP contribution in [0, 0.1) is 5.92 Å². The summed E-state index contributed by atoms with van der Waals surface area (Å²) < 4.78 is 32.4. The Bertz CT molecular complexity index is 693. The monoisotopic (exact) mass is 538 g/mol. The minimum Gasteiger partial charge on any atom is -0.382 e. The lowest BCUT2D eigenvalue weighted by Gasteiger charge is -2.30. The zero-order chi connectivity index (χ0) is 20.2. The number of nitrogens with zero attached hydrogens (tertiary/aromatic N) is 2. The van der Waals surface area contributed by atoms with Crippen molar-refractivity contribution in [1.29, 1.82) is 0 Å². The SMILES string of the molecule is CCNC(=NCC1CCN(S(=O)(=O)c2ccccc2)CC1)NCCCOCC.I. The quantitative estimate of drug-likeness (QED) is 0.207. The molecular formula is C20H35IN4O3S. The normalized spacial score (nSPS) is 16.3. The number of ether oxygens (including phenoxy) is 1. The van der Waals surface area contributed by atoms with Gasteiger partial charge in [-0.3, -0.25) is 4.99 Å². The first kappa shape index (κ1) is 26.1. The van der Waals surface area contributed by atoms with E-state index in [0.29, 0.717) is 30.4 Å². The molecule has 1 aliphatic heterocycles. The molecule has 1 saturated heterocycles. The molecule has 0 unspecified atom stereocenters. The van der Waals surface area contributed by atoms with E-state index < -0.39 is 10.0 Å². The second-order valence-corrected chi connectivity index (χ2v) is 8.80. The summed E-state index contributed by atoms with van der Waals surface area (Å²) in [7, 11) is -3.38. The van der Waals surface area contributed by atoms with Gasteiger partial charge in [0.15, 0.2) is 5.96 Å². The fraction of sp³-hybridized carbons (Fsp3) is 0.650. The van der Waals surface area contributed by atoms with Gasteiger partial charge < -0.3 is 15.4 Å². The summed E-state index contributed by atoms with van der Waals surface area (Å²) in [5, 5.41) is 6.59. The van der Waals surface area contributed by atoms with E-state index >= 15 is 0 Å². The van der Waals surface area contributed by atoms with Crippen molar-refractivity contribution in [3.05, 3.63) is 30.3 Å². The fourth-order valence-corrected chi connectivity index (χ4v) is 4.65. The Morgan fingerprint density at radius 1 is 1.17 bits per heavy atom. The third-order valence-corrected chi connectivity index (χ3v) is 6.68. The fourth-order valence-electron chi connectivity index (χ4n) is 3.16. The van der Waals surface area contributed by atoms with Crippen LogP contribution >= 0.6 is 24.0 Å². The largest absolute Gasteiger partial charge is 0.382 e. The van der Waals surface area contributed by atoms with Crippen LogP contribution in [0.15, 0.2) is 40.2 Å². The Kier molecular flexibility index (Phi) is 12.8. The van der Waals surface area contributed by atoms with E-state index in [1.165, 1.54) is 0 Å². The van der Waals surface area contributed by atoms with E-state index in [0.717, 1.165) is 51.5 Å². The molecule has 1 aromatic rings. The number of benzene rings is 1. The standard InChI is InChI=1S/C20H34N4O3S.HI/c1-3-21-20(22-13-8-16-27-4-2)23-17-18-11-14-24(15-12-18)28(25,26)19-9-6-5-7-10-19;/h5-7,9-10,18H,3-4,8,11-17H2,1-2H3,(H2,21,22,23);1H. The maximum Gasteiger partial charge on any atom is 0.243 e. The van der Waals surface area contributed by atoms with E-state index in [-0.39, 0.29) is 24.0 Å². The summed E-state index contributed by atoms with van der Waals surface area (Å²) in [6.07, 6.45) is 2.60. The van der Waals surface area contributed by atoms with Crippen LogP contribution in [0.3, 0.4) is 0 Å². The highest BCUT2D eigenvalue weighted by molar-refractivity contribution is 14.0. The summed E-state index contributed by atoms with van der Waals surface area (Å²) in [6.45, 7) is 8.97. The van der Waals surface area contributed by atoms with Crippen molar-refractivity contribution < 1.29 is 13.2 Å². The van der Waals surface area contributed by atoms with Crippen LogP contribution < -0.4 is 10.6 Å². The molecule has 1 aromatic carbocycles. The molecule has 0 aliphatic carbocycles. The Morgan fingerprint density at radius 2 is 1.86 bits per heavy atom. The van der Waals surface area contributed by atoms with E-state index in [2.05, 4.69) is 15.6 Å². The molecular weight excluding hydrogens is 503 g/mol. The second kappa shape index (κ2) is 14.2. The molecule has 1 aliphatic rings. The van der Waals surface area contributed by atoms with E-state index in [4.69, 9.17) is 4.74 Å². The number of hydrogen-bond acceptors (Lipinski definition) is 4. The van der Waals surface area contributed by atoms with Crippen molar-refractivity contribution in [2.75, 3.05) is 45.9 Å². The van der Waals surface area contributed by atoms with Gasteiger partial charge in [0.1, 0.15) is 0 Å². The van der Waals surface area contributed by atoms with Gasteiger partial charge in [-0.25, -0.2) is 8.42 Å². The van der Waals surface area contributed by atoms with Crippen molar-refractivity contribution in [3.8, 4) is 0 Å². The van der Waals surface area contributed by atoms with Gasteiger partial charge >= 0.3 is 0 Å². The molecule has 2 rings (SSSR count). The van der Waals surface area contributed by atoms with E-state index in [1.54, 1.807) is 28.6 Å². The minimum atomic E-state index is -3.38. The topological polar surface area (TPSA) is 83.0 Å². The van der Waals surface area contributed by atoms with Crippen LogP contribution in [0.25, 0.3) is 0 Å². The van der Waals surface area contributed by atoms with Gasteiger partial charge in [-0.15, -0.1) is 24.0 Å². The van der Waals surface area contributed by atoms with Crippen molar-refractivity contribution in [2.45, 2.75) is 38.0 Å². The summed E-state index contributed by atoms with van der Waals surface area (Å²) in [5.41, 5.74) is 0. The highest BCUT2D eigenvalue weighted by atomic mass is 127. The zero-order valence-electron chi connectivity index (χ0n) is 17.5. The molecule has 1 fully saturated rings. The predicted octanol–water partition coefficient (Wildman–Crippen LogP) is 2.69. The Balaban J connectivity index is 0.00000420. The minimum absolute atomic E-state index is 0. The zero-order valence-corrected chi connectivity index (χ0v) is 20.6. The lowest BCUT2D eigenvalue weighted by molar-refractivity contribution is 0.145. The molecule has 0 aromatic heterocycles. The molecule has 9 heteroatoms. The highest BCUT2D eigenvalue weighted by Crippen LogP contribution is 2.23. The number of piperidine rings is 1. The first-order chi connectivity index (χ1) is 13.6. The predicted molar refractivity (Wildman–Crippen MR) is 128 cm³/mol. The maximum absolute atomic E-state index is 12.7. The molecule has 0 atom stereocenters. The molecule has 166 valence electrons. The number of guanidine groups is 1. The van der Waals surface area contributed by atoms with Gasteiger partial charge in [0, 0.05) is 45.9 Å². The number of sulfonamides is 1. The third kappa shape index (κ3) is 8.77. The molecule has 1 heterocycles. The second-order valence-electron chi connectivity index (χ2n) is 6.86. The average Bonchev–Trinajstić information content (AvgIpc) is 2.72. The average molecular weight is 538 g/mol. The van der Waals surface area contributed by atoms with Gasteiger partial charge in [0.05, 0.1) is 4.90 Å². The van der Waals surface area contributed by atoms with Crippen molar-refractivity contribution in [1.82, 2.24) is 14.9 Å². The van der Waals surface area contributed by atoms with Crippen LogP contribution in [0.5, 0.6) is 0 Å². The van der Waals surface area contributed by atoms with Gasteiger partial charge in [-0.05, 0) is 51.2 Å². The summed E-state index contributed by atoms with van der Waals surface area (Å²) in [4.78, 5) is 5.06. The van der Waals surface area contributed by atoms with Crippen LogP contribution in [0.4, 0.5) is 0 Å². The van der Waals surface area contributed by atoms with Crippen LogP contribution in [0.1, 0.15) is 33.1 Å². The number of aliphatic imine (C=N–C) groups is 1. The van der Waals surface area contributed by atoms with Gasteiger partial charge in [0.25, 0.3) is 0 Å². The first-order valence-corrected chi connectivity index (χ1v) is 11.7. The van der Waals surface area contributed by atoms with Crippen molar-refractivity contribution >= 4 is 40.0 Å².